The fraction of sp³-hybridized carbons (Fsp3) is 0.533. The van der Waals surface area contributed by atoms with E-state index in [0.717, 1.165) is 25.1 Å². The van der Waals surface area contributed by atoms with E-state index in [1.807, 2.05) is 30.3 Å². The molecule has 0 aliphatic carbocycles. The molecule has 0 amide bonds. The lowest BCUT2D eigenvalue weighted by molar-refractivity contribution is 0.218. The fourth-order valence-corrected chi connectivity index (χ4v) is 1.99. The Kier molecular flexibility index (Phi) is 5.72. The lowest BCUT2D eigenvalue weighted by Gasteiger charge is -2.28. The summed E-state index contributed by atoms with van der Waals surface area (Å²) in [7, 11) is 0. The van der Waals surface area contributed by atoms with Crippen molar-refractivity contribution in [2.24, 2.45) is 0 Å². The number of benzene rings is 1. The van der Waals surface area contributed by atoms with Gasteiger partial charge in [0, 0.05) is 12.6 Å². The monoisotopic (exact) mass is 230 g/mol. The zero-order chi connectivity index (χ0) is 12.7. The molecule has 92 valence electrons. The van der Waals surface area contributed by atoms with Crippen LogP contribution in [0, 0.1) is 11.3 Å². The third kappa shape index (κ3) is 4.20. The average Bonchev–Trinajstić information content (AvgIpc) is 2.35. The molecule has 0 bridgehead atoms. The summed E-state index contributed by atoms with van der Waals surface area (Å²) < 4.78 is 0. The highest BCUT2D eigenvalue weighted by atomic mass is 15.1. The lowest BCUT2D eigenvalue weighted by atomic mass is 9.99. The first-order valence-electron chi connectivity index (χ1n) is 6.37. The molecule has 1 rings (SSSR count). The van der Waals surface area contributed by atoms with Crippen molar-refractivity contribution in [3.8, 4) is 6.07 Å². The minimum atomic E-state index is -0.0230. The Balaban J connectivity index is 2.73. The number of hydrogen-bond donors (Lipinski definition) is 0. The first kappa shape index (κ1) is 13.7. The number of nitrogens with zero attached hydrogens (tertiary/aromatic N) is 2. The molecular weight excluding hydrogens is 208 g/mol. The van der Waals surface area contributed by atoms with E-state index in [0.29, 0.717) is 6.04 Å². The maximum absolute atomic E-state index is 9.30. The first-order chi connectivity index (χ1) is 8.19. The highest BCUT2D eigenvalue weighted by molar-refractivity contribution is 5.25. The van der Waals surface area contributed by atoms with Crippen molar-refractivity contribution in [3.63, 3.8) is 0 Å². The standard InChI is InChI=1S/C15H22N2/c1-4-10-17(13(2)3)12-15(11-16)14-8-6-5-7-9-14/h5-9,13,15H,4,10,12H2,1-3H3. The van der Waals surface area contributed by atoms with Gasteiger partial charge in [-0.15, -0.1) is 0 Å². The van der Waals surface area contributed by atoms with Crippen LogP contribution in [0.15, 0.2) is 30.3 Å². The predicted molar refractivity (Wildman–Crippen MR) is 71.8 cm³/mol. The average molecular weight is 230 g/mol. The fourth-order valence-electron chi connectivity index (χ4n) is 1.99. The summed E-state index contributed by atoms with van der Waals surface area (Å²) in [6, 6.07) is 13.0. The molecule has 0 aliphatic rings. The van der Waals surface area contributed by atoms with E-state index >= 15 is 0 Å². The molecule has 0 heterocycles. The Morgan fingerprint density at radius 3 is 2.35 bits per heavy atom. The van der Waals surface area contributed by atoms with Crippen molar-refractivity contribution in [2.45, 2.75) is 39.2 Å². The van der Waals surface area contributed by atoms with Crippen LogP contribution >= 0.6 is 0 Å². The predicted octanol–water partition coefficient (Wildman–Crippen LogP) is 3.41. The van der Waals surface area contributed by atoms with E-state index in [1.165, 1.54) is 0 Å². The zero-order valence-corrected chi connectivity index (χ0v) is 11.1. The van der Waals surface area contributed by atoms with Gasteiger partial charge in [-0.25, -0.2) is 0 Å². The molecule has 0 spiro atoms. The lowest BCUT2D eigenvalue weighted by Crippen LogP contribution is -2.35. The van der Waals surface area contributed by atoms with Crippen molar-refractivity contribution in [1.82, 2.24) is 4.90 Å². The van der Waals surface area contributed by atoms with Gasteiger partial charge in [-0.1, -0.05) is 37.3 Å². The summed E-state index contributed by atoms with van der Waals surface area (Å²) in [5.41, 5.74) is 1.12. The molecule has 0 saturated carbocycles. The first-order valence-corrected chi connectivity index (χ1v) is 6.37. The maximum atomic E-state index is 9.30. The largest absolute Gasteiger partial charge is 0.299 e. The smallest absolute Gasteiger partial charge is 0.0839 e. The molecule has 1 aromatic rings. The van der Waals surface area contributed by atoms with Gasteiger partial charge in [-0.2, -0.15) is 5.26 Å². The zero-order valence-electron chi connectivity index (χ0n) is 11.1. The van der Waals surface area contributed by atoms with E-state index in [4.69, 9.17) is 0 Å². The Morgan fingerprint density at radius 2 is 1.88 bits per heavy atom. The Bertz CT molecular complexity index is 351. The minimum absolute atomic E-state index is 0.0230. The van der Waals surface area contributed by atoms with Gasteiger partial charge < -0.3 is 0 Å². The second-order valence-corrected chi connectivity index (χ2v) is 4.68. The molecular formula is C15H22N2. The van der Waals surface area contributed by atoms with Gasteiger partial charge in [0.1, 0.15) is 0 Å². The molecule has 2 heteroatoms. The highest BCUT2D eigenvalue weighted by Gasteiger charge is 2.16. The molecule has 0 aromatic heterocycles. The van der Waals surface area contributed by atoms with Crippen LogP contribution in [0.25, 0.3) is 0 Å². The van der Waals surface area contributed by atoms with Gasteiger partial charge >= 0.3 is 0 Å². The van der Waals surface area contributed by atoms with Crippen LogP contribution in [-0.4, -0.2) is 24.0 Å². The molecule has 17 heavy (non-hydrogen) atoms. The maximum Gasteiger partial charge on any atom is 0.0839 e. The summed E-state index contributed by atoms with van der Waals surface area (Å²) in [5.74, 6) is -0.0230. The van der Waals surface area contributed by atoms with Crippen molar-refractivity contribution < 1.29 is 0 Å². The van der Waals surface area contributed by atoms with Crippen molar-refractivity contribution in [1.29, 1.82) is 5.26 Å². The summed E-state index contributed by atoms with van der Waals surface area (Å²) in [4.78, 5) is 2.38. The number of rotatable bonds is 6. The van der Waals surface area contributed by atoms with Crippen LogP contribution in [0.4, 0.5) is 0 Å². The molecule has 0 fully saturated rings. The van der Waals surface area contributed by atoms with Crippen molar-refractivity contribution in [3.05, 3.63) is 35.9 Å². The molecule has 0 N–H and O–H groups in total. The van der Waals surface area contributed by atoms with Crippen LogP contribution in [0.1, 0.15) is 38.7 Å². The Labute approximate surface area is 105 Å². The van der Waals surface area contributed by atoms with Crippen LogP contribution in [0.5, 0.6) is 0 Å². The van der Waals surface area contributed by atoms with Crippen LogP contribution < -0.4 is 0 Å². The minimum Gasteiger partial charge on any atom is -0.299 e. The third-order valence-corrected chi connectivity index (χ3v) is 3.02. The van der Waals surface area contributed by atoms with Crippen molar-refractivity contribution in [2.75, 3.05) is 13.1 Å². The second kappa shape index (κ2) is 7.09. The van der Waals surface area contributed by atoms with Gasteiger partial charge in [0.05, 0.1) is 12.0 Å². The van der Waals surface area contributed by atoms with Crippen LogP contribution in [0.2, 0.25) is 0 Å². The molecule has 1 unspecified atom stereocenters. The summed E-state index contributed by atoms with van der Waals surface area (Å²) in [6.07, 6.45) is 1.13. The molecule has 2 nitrogen and oxygen atoms in total. The molecule has 0 aliphatic heterocycles. The summed E-state index contributed by atoms with van der Waals surface area (Å²) in [6.45, 7) is 8.44. The number of nitriles is 1. The molecule has 1 aromatic carbocycles. The van der Waals surface area contributed by atoms with Gasteiger partial charge in [-0.05, 0) is 32.4 Å². The van der Waals surface area contributed by atoms with E-state index in [2.05, 4.69) is 31.7 Å². The number of hydrogen-bond acceptors (Lipinski definition) is 2. The highest BCUT2D eigenvalue weighted by Crippen LogP contribution is 2.17. The van der Waals surface area contributed by atoms with E-state index < -0.39 is 0 Å². The van der Waals surface area contributed by atoms with Gasteiger partial charge in [0.15, 0.2) is 0 Å². The third-order valence-electron chi connectivity index (χ3n) is 3.02. The van der Waals surface area contributed by atoms with E-state index in [-0.39, 0.29) is 5.92 Å². The molecule has 0 saturated heterocycles. The van der Waals surface area contributed by atoms with Gasteiger partial charge in [0.25, 0.3) is 0 Å². The second-order valence-electron chi connectivity index (χ2n) is 4.68. The van der Waals surface area contributed by atoms with Gasteiger partial charge in [-0.3, -0.25) is 4.90 Å². The Hall–Kier alpha value is -1.33. The molecule has 1 atom stereocenters. The van der Waals surface area contributed by atoms with E-state index in [9.17, 15) is 5.26 Å². The van der Waals surface area contributed by atoms with Crippen molar-refractivity contribution >= 4 is 0 Å². The van der Waals surface area contributed by atoms with Gasteiger partial charge in [0.2, 0.25) is 0 Å². The van der Waals surface area contributed by atoms with Crippen LogP contribution in [0.3, 0.4) is 0 Å². The van der Waals surface area contributed by atoms with Crippen LogP contribution in [-0.2, 0) is 0 Å². The quantitative estimate of drug-likeness (QED) is 0.748. The normalized spacial score (nSPS) is 12.7. The SMILES string of the molecule is CCCN(CC(C#N)c1ccccc1)C(C)C. The summed E-state index contributed by atoms with van der Waals surface area (Å²) >= 11 is 0. The van der Waals surface area contributed by atoms with E-state index in [1.54, 1.807) is 0 Å². The summed E-state index contributed by atoms with van der Waals surface area (Å²) in [5, 5.41) is 9.30. The topological polar surface area (TPSA) is 27.0 Å². The molecule has 0 radical (unpaired) electrons. The Morgan fingerprint density at radius 1 is 1.24 bits per heavy atom.